The standard InChI is InChI=1S/C15H19BClF3O2/c1-13(2)14(3,4)22-16(21-13)12(17)9-10-5-7-11(8-6-10)15(18,19)20/h5-8,12H,9H2,1-4H3. The SMILES string of the molecule is CC1(C)OB(C(Cl)Cc2ccc(C(F)(F)F)cc2)OC1(C)C. The van der Waals surface area contributed by atoms with E-state index in [-0.39, 0.29) is 0 Å². The summed E-state index contributed by atoms with van der Waals surface area (Å²) in [6.07, 6.45) is -3.96. The molecule has 0 saturated carbocycles. The molecule has 1 heterocycles. The van der Waals surface area contributed by atoms with Gasteiger partial charge in [0.1, 0.15) is 0 Å². The molecule has 7 heteroatoms. The van der Waals surface area contributed by atoms with Crippen molar-refractivity contribution in [1.29, 1.82) is 0 Å². The summed E-state index contributed by atoms with van der Waals surface area (Å²) in [5.41, 5.74) is -0.920. The second-order valence-corrected chi connectivity index (χ2v) is 7.10. The molecule has 1 saturated heterocycles. The molecule has 0 spiro atoms. The van der Waals surface area contributed by atoms with Gasteiger partial charge in [-0.2, -0.15) is 13.2 Å². The Labute approximate surface area is 134 Å². The molecule has 1 fully saturated rings. The van der Waals surface area contributed by atoms with Crippen molar-refractivity contribution in [3.8, 4) is 0 Å². The van der Waals surface area contributed by atoms with Crippen molar-refractivity contribution in [2.45, 2.75) is 56.8 Å². The fourth-order valence-corrected chi connectivity index (χ4v) is 2.47. The largest absolute Gasteiger partial charge is 0.477 e. The number of hydrogen-bond acceptors (Lipinski definition) is 2. The lowest BCUT2D eigenvalue weighted by Crippen LogP contribution is -2.41. The Kier molecular flexibility index (Phi) is 4.59. The number of benzene rings is 1. The van der Waals surface area contributed by atoms with E-state index in [0.717, 1.165) is 12.1 Å². The quantitative estimate of drug-likeness (QED) is 0.599. The van der Waals surface area contributed by atoms with Crippen LogP contribution in [0.25, 0.3) is 0 Å². The van der Waals surface area contributed by atoms with Crippen LogP contribution in [0.1, 0.15) is 38.8 Å². The minimum Gasteiger partial charge on any atom is -0.402 e. The molecule has 0 radical (unpaired) electrons. The third-order valence-electron chi connectivity index (χ3n) is 4.28. The van der Waals surface area contributed by atoms with Gasteiger partial charge in [-0.15, -0.1) is 11.6 Å². The summed E-state index contributed by atoms with van der Waals surface area (Å²) in [7, 11) is -0.589. The van der Waals surface area contributed by atoms with Crippen LogP contribution >= 0.6 is 11.6 Å². The topological polar surface area (TPSA) is 18.5 Å². The first-order chi connectivity index (χ1) is 9.92. The highest BCUT2D eigenvalue weighted by Gasteiger charge is 2.53. The molecule has 0 aliphatic carbocycles. The maximum Gasteiger partial charge on any atom is 0.477 e. The van der Waals surface area contributed by atoms with E-state index < -0.39 is 35.3 Å². The molecule has 0 N–H and O–H groups in total. The molecule has 0 amide bonds. The van der Waals surface area contributed by atoms with Crippen molar-refractivity contribution in [2.24, 2.45) is 0 Å². The average molecular weight is 335 g/mol. The van der Waals surface area contributed by atoms with E-state index >= 15 is 0 Å². The second kappa shape index (κ2) is 5.73. The van der Waals surface area contributed by atoms with Crippen LogP contribution < -0.4 is 0 Å². The van der Waals surface area contributed by atoms with Crippen LogP contribution in [0.3, 0.4) is 0 Å². The molecular formula is C15H19BClF3O2. The van der Waals surface area contributed by atoms with Crippen LogP contribution in [-0.4, -0.2) is 23.6 Å². The van der Waals surface area contributed by atoms with Gasteiger partial charge < -0.3 is 9.31 Å². The van der Waals surface area contributed by atoms with Crippen LogP contribution in [0, 0.1) is 0 Å². The van der Waals surface area contributed by atoms with Gasteiger partial charge in [-0.3, -0.25) is 0 Å². The predicted molar refractivity (Wildman–Crippen MR) is 80.9 cm³/mol. The van der Waals surface area contributed by atoms with E-state index in [9.17, 15) is 13.2 Å². The molecule has 1 atom stereocenters. The summed E-state index contributed by atoms with van der Waals surface area (Å²) in [6, 6.07) is 4.99. The first kappa shape index (κ1) is 17.6. The smallest absolute Gasteiger partial charge is 0.402 e. The predicted octanol–water partition coefficient (Wildman–Crippen LogP) is 4.49. The van der Waals surface area contributed by atoms with Gasteiger partial charge in [-0.05, 0) is 51.8 Å². The zero-order chi connectivity index (χ0) is 16.8. The van der Waals surface area contributed by atoms with Gasteiger partial charge in [0.15, 0.2) is 0 Å². The van der Waals surface area contributed by atoms with Crippen LogP contribution in [0.2, 0.25) is 0 Å². The summed E-state index contributed by atoms with van der Waals surface area (Å²) in [6.45, 7) is 7.70. The minimum absolute atomic E-state index is 0.372. The first-order valence-corrected chi connectivity index (χ1v) is 7.52. The van der Waals surface area contributed by atoms with Crippen molar-refractivity contribution in [2.75, 3.05) is 0 Å². The Morgan fingerprint density at radius 1 is 1.05 bits per heavy atom. The Bertz CT molecular complexity index is 513. The molecule has 0 aromatic heterocycles. The monoisotopic (exact) mass is 334 g/mol. The lowest BCUT2D eigenvalue weighted by atomic mass is 9.80. The average Bonchev–Trinajstić information content (AvgIpc) is 2.58. The maximum absolute atomic E-state index is 12.5. The van der Waals surface area contributed by atoms with Gasteiger partial charge >= 0.3 is 13.3 Å². The summed E-state index contributed by atoms with van der Waals surface area (Å²) < 4.78 is 49.3. The Balaban J connectivity index is 2.03. The molecule has 1 unspecified atom stereocenters. The molecule has 2 rings (SSSR count). The van der Waals surface area contributed by atoms with Crippen molar-refractivity contribution in [1.82, 2.24) is 0 Å². The van der Waals surface area contributed by atoms with Crippen molar-refractivity contribution >= 4 is 18.7 Å². The number of alkyl halides is 4. The lowest BCUT2D eigenvalue weighted by Gasteiger charge is -2.32. The Morgan fingerprint density at radius 2 is 1.50 bits per heavy atom. The number of halogens is 4. The van der Waals surface area contributed by atoms with Crippen LogP contribution in [0.5, 0.6) is 0 Å². The Hall–Kier alpha value is -0.715. The molecule has 1 aromatic rings. The third-order valence-corrected chi connectivity index (χ3v) is 4.64. The molecule has 22 heavy (non-hydrogen) atoms. The van der Waals surface area contributed by atoms with Gasteiger partial charge in [0.2, 0.25) is 0 Å². The van der Waals surface area contributed by atoms with Gasteiger partial charge in [0.05, 0.1) is 22.0 Å². The normalized spacial score (nSPS) is 21.9. The van der Waals surface area contributed by atoms with Gasteiger partial charge in [-0.1, -0.05) is 12.1 Å². The van der Waals surface area contributed by atoms with Crippen LogP contribution in [0.15, 0.2) is 24.3 Å². The van der Waals surface area contributed by atoms with E-state index in [1.54, 1.807) is 0 Å². The van der Waals surface area contributed by atoms with E-state index in [1.807, 2.05) is 27.7 Å². The van der Waals surface area contributed by atoms with Gasteiger partial charge in [0, 0.05) is 0 Å². The van der Waals surface area contributed by atoms with Gasteiger partial charge in [0.25, 0.3) is 0 Å². The highest BCUT2D eigenvalue weighted by molar-refractivity contribution is 6.60. The summed E-state index contributed by atoms with van der Waals surface area (Å²) >= 11 is 6.33. The maximum atomic E-state index is 12.5. The van der Waals surface area contributed by atoms with Crippen molar-refractivity contribution in [3.63, 3.8) is 0 Å². The molecular weight excluding hydrogens is 315 g/mol. The van der Waals surface area contributed by atoms with Crippen molar-refractivity contribution < 1.29 is 22.5 Å². The summed E-state index contributed by atoms with van der Waals surface area (Å²) in [5, 5.41) is -0.474. The summed E-state index contributed by atoms with van der Waals surface area (Å²) in [4.78, 5) is 0. The van der Waals surface area contributed by atoms with Crippen LogP contribution in [-0.2, 0) is 21.9 Å². The van der Waals surface area contributed by atoms with E-state index in [2.05, 4.69) is 0 Å². The molecule has 122 valence electrons. The second-order valence-electron chi connectivity index (χ2n) is 6.54. The van der Waals surface area contributed by atoms with E-state index in [0.29, 0.717) is 12.0 Å². The molecule has 1 aliphatic heterocycles. The zero-order valence-electron chi connectivity index (χ0n) is 13.0. The molecule has 2 nitrogen and oxygen atoms in total. The number of rotatable bonds is 3. The highest BCUT2D eigenvalue weighted by Crippen LogP contribution is 2.39. The minimum atomic E-state index is -4.33. The van der Waals surface area contributed by atoms with Crippen LogP contribution in [0.4, 0.5) is 13.2 Å². The third kappa shape index (κ3) is 3.61. The fraction of sp³-hybridized carbons (Fsp3) is 0.600. The number of hydrogen-bond donors (Lipinski definition) is 0. The van der Waals surface area contributed by atoms with E-state index in [4.69, 9.17) is 20.9 Å². The molecule has 0 bridgehead atoms. The molecule has 1 aliphatic rings. The zero-order valence-corrected chi connectivity index (χ0v) is 13.8. The highest BCUT2D eigenvalue weighted by atomic mass is 35.5. The Morgan fingerprint density at radius 3 is 1.91 bits per heavy atom. The van der Waals surface area contributed by atoms with Gasteiger partial charge in [-0.25, -0.2) is 0 Å². The molecule has 1 aromatic carbocycles. The fourth-order valence-electron chi connectivity index (χ4n) is 2.19. The van der Waals surface area contributed by atoms with Crippen molar-refractivity contribution in [3.05, 3.63) is 35.4 Å². The first-order valence-electron chi connectivity index (χ1n) is 7.08. The summed E-state index contributed by atoms with van der Waals surface area (Å²) in [5.74, 6) is 0. The van der Waals surface area contributed by atoms with E-state index in [1.165, 1.54) is 12.1 Å². The lowest BCUT2D eigenvalue weighted by molar-refractivity contribution is -0.137.